The molecule has 0 rings (SSSR count). The van der Waals surface area contributed by atoms with E-state index in [9.17, 15) is 0 Å². The van der Waals surface area contributed by atoms with E-state index in [0.717, 1.165) is 0 Å². The summed E-state index contributed by atoms with van der Waals surface area (Å²) >= 11 is -3.94. The van der Waals surface area contributed by atoms with E-state index in [0.29, 0.717) is 0 Å². The molecule has 0 atom stereocenters. The van der Waals surface area contributed by atoms with Gasteiger partial charge in [-0.15, -0.1) is 0 Å². The fraction of sp³-hybridized carbons (Fsp3) is 0. The molecule has 56 valence electrons. The minimum atomic E-state index is -3.94. The Morgan fingerprint density at radius 1 is 1.20 bits per heavy atom. The number of quaternary nitrogens is 1. The third kappa shape index (κ3) is 1250. The third-order valence-electron chi connectivity index (χ3n) is 0. The van der Waals surface area contributed by atoms with E-state index in [-0.39, 0.29) is 43.9 Å². The summed E-state index contributed by atoms with van der Waals surface area (Å²) in [5.74, 6) is 0. The number of hydrogen-bond donors (Lipinski definition) is 1. The normalized spacial score (nSPS) is 4.90. The van der Waals surface area contributed by atoms with E-state index in [2.05, 4.69) is 0 Å². The van der Waals surface area contributed by atoms with Gasteiger partial charge in [-0.25, -0.2) is 0 Å². The van der Waals surface area contributed by atoms with Gasteiger partial charge < -0.3 is 21.2 Å². The summed E-state index contributed by atoms with van der Waals surface area (Å²) in [6, 6.07) is 0. The van der Waals surface area contributed by atoms with Crippen LogP contribution in [0.5, 0.6) is 0 Å². The fourth-order valence-corrected chi connectivity index (χ4v) is 0. The van der Waals surface area contributed by atoms with Crippen LogP contribution in [0.3, 0.4) is 0 Å². The van der Waals surface area contributed by atoms with Crippen LogP contribution in [0.25, 0.3) is 0 Å². The molecule has 10 heavy (non-hydrogen) atoms. The van der Waals surface area contributed by atoms with Crippen LogP contribution < -0.4 is 20.4 Å². The number of carbonyl (C=O) groups is 1. The molecular formula is CH4CaNO6V. The van der Waals surface area contributed by atoms with Crippen LogP contribution in [0, 0.1) is 0 Å². The standard InChI is InChI=1S/CH2O3.Ca.H3N.3O.V/c2-1(3)4;;;;;;/h(H2,2,3,4);;1H3;;;;/q;+2;;;;-1;/p-1. The van der Waals surface area contributed by atoms with Gasteiger partial charge >= 0.3 is 64.5 Å². The second-order valence-electron chi connectivity index (χ2n) is 0.474. The first-order valence-corrected chi connectivity index (χ1v) is 2.87. The molecule has 0 aliphatic rings. The first kappa shape index (κ1) is 22.4. The van der Waals surface area contributed by atoms with E-state index in [1.807, 2.05) is 0 Å². The summed E-state index contributed by atoms with van der Waals surface area (Å²) in [4.78, 5) is 8.33. The van der Waals surface area contributed by atoms with Crippen molar-refractivity contribution in [3.05, 3.63) is 0 Å². The number of carbonyl (C=O) groups excluding carboxylic acids is 1. The SMILES string of the molecule is O=C([O-])[O-].[Ca+2].[NH4+].[O]=[V](=[O])[O-]. The molecule has 0 fully saturated rings. The molecule has 0 saturated heterocycles. The van der Waals surface area contributed by atoms with Crippen molar-refractivity contribution in [2.45, 2.75) is 0 Å². The van der Waals surface area contributed by atoms with Gasteiger partial charge in [0, 0.05) is 0 Å². The Kier molecular flexibility index (Phi) is 36.6. The van der Waals surface area contributed by atoms with E-state index in [4.69, 9.17) is 26.4 Å². The van der Waals surface area contributed by atoms with E-state index in [1.165, 1.54) is 0 Å². The molecule has 0 heterocycles. The molecule has 0 radical (unpaired) electrons. The summed E-state index contributed by atoms with van der Waals surface area (Å²) < 4.78 is 25.7. The molecule has 0 amide bonds. The summed E-state index contributed by atoms with van der Waals surface area (Å²) in [5.41, 5.74) is 0. The number of carboxylic acid groups (broad SMARTS) is 2. The first-order valence-electron chi connectivity index (χ1n) is 1.16. The molecule has 0 aliphatic carbocycles. The second kappa shape index (κ2) is 16.3. The van der Waals surface area contributed by atoms with Crippen LogP contribution in [0.1, 0.15) is 0 Å². The second-order valence-corrected chi connectivity index (χ2v) is 1.17. The molecule has 0 aliphatic heterocycles. The molecule has 0 unspecified atom stereocenters. The van der Waals surface area contributed by atoms with Crippen molar-refractivity contribution in [3.63, 3.8) is 0 Å². The molecule has 0 aromatic rings. The van der Waals surface area contributed by atoms with Crippen LogP contribution in [-0.2, 0) is 22.7 Å². The van der Waals surface area contributed by atoms with E-state index in [1.54, 1.807) is 0 Å². The zero-order chi connectivity index (χ0) is 7.15. The van der Waals surface area contributed by atoms with Crippen molar-refractivity contribution in [1.82, 2.24) is 6.15 Å². The fourth-order valence-electron chi connectivity index (χ4n) is 0. The molecular weight excluding hydrogens is 213 g/mol. The van der Waals surface area contributed by atoms with Crippen LogP contribution >= 0.6 is 0 Å². The molecule has 0 bridgehead atoms. The van der Waals surface area contributed by atoms with Gasteiger partial charge in [0.15, 0.2) is 0 Å². The molecule has 0 saturated carbocycles. The average molecular weight is 217 g/mol. The van der Waals surface area contributed by atoms with Crippen LogP contribution in [0.4, 0.5) is 4.79 Å². The Morgan fingerprint density at radius 2 is 1.20 bits per heavy atom. The number of hydrogen-bond acceptors (Lipinski definition) is 6. The van der Waals surface area contributed by atoms with Crippen molar-refractivity contribution in [2.75, 3.05) is 0 Å². The molecule has 0 aromatic heterocycles. The summed E-state index contributed by atoms with van der Waals surface area (Å²) in [7, 11) is 0. The maximum absolute atomic E-state index is 8.56. The summed E-state index contributed by atoms with van der Waals surface area (Å²) in [6.45, 7) is 0. The molecule has 7 nitrogen and oxygen atoms in total. The Morgan fingerprint density at radius 3 is 1.20 bits per heavy atom. The van der Waals surface area contributed by atoms with Gasteiger partial charge in [-0.05, 0) is 6.16 Å². The monoisotopic (exact) mass is 217 g/mol. The molecule has 4 N–H and O–H groups in total. The van der Waals surface area contributed by atoms with Crippen LogP contribution in [-0.4, -0.2) is 43.9 Å². The Labute approximate surface area is 91.0 Å². The van der Waals surface area contributed by atoms with Gasteiger partial charge in [0.2, 0.25) is 0 Å². The topological polar surface area (TPSA) is 157 Å². The first-order chi connectivity index (χ1) is 3.46. The molecule has 0 spiro atoms. The van der Waals surface area contributed by atoms with Crippen molar-refractivity contribution in [1.29, 1.82) is 0 Å². The van der Waals surface area contributed by atoms with Crippen LogP contribution in [0.2, 0.25) is 0 Å². The van der Waals surface area contributed by atoms with Crippen molar-refractivity contribution in [2.24, 2.45) is 0 Å². The summed E-state index contributed by atoms with van der Waals surface area (Å²) in [6.07, 6.45) is -2.33. The van der Waals surface area contributed by atoms with Crippen LogP contribution in [0.15, 0.2) is 0 Å². The van der Waals surface area contributed by atoms with Crippen molar-refractivity contribution in [3.8, 4) is 0 Å². The van der Waals surface area contributed by atoms with Gasteiger partial charge in [0.05, 0.1) is 0 Å². The van der Waals surface area contributed by atoms with Gasteiger partial charge in [0.25, 0.3) is 0 Å². The predicted molar refractivity (Wildman–Crippen MR) is 18.5 cm³/mol. The Bertz CT molecular complexity index is 120. The van der Waals surface area contributed by atoms with Gasteiger partial charge in [0.1, 0.15) is 0 Å². The van der Waals surface area contributed by atoms with Crippen molar-refractivity contribution < 1.29 is 41.8 Å². The molecule has 9 heteroatoms. The van der Waals surface area contributed by atoms with E-state index >= 15 is 0 Å². The quantitative estimate of drug-likeness (QED) is 0.408. The van der Waals surface area contributed by atoms with Gasteiger partial charge in [-0.1, -0.05) is 0 Å². The molecule has 0 aromatic carbocycles. The zero-order valence-electron chi connectivity index (χ0n) is 5.10. The van der Waals surface area contributed by atoms with Gasteiger partial charge in [-0.3, -0.25) is 0 Å². The van der Waals surface area contributed by atoms with Crippen molar-refractivity contribution >= 4 is 43.9 Å². The average Bonchev–Trinajstić information content (AvgIpc) is 1.25. The van der Waals surface area contributed by atoms with E-state index < -0.39 is 21.6 Å². The number of rotatable bonds is 0. The Hall–Kier alpha value is 0.634. The van der Waals surface area contributed by atoms with Gasteiger partial charge in [-0.2, -0.15) is 0 Å². The summed E-state index contributed by atoms with van der Waals surface area (Å²) in [5, 5.41) is 16.7. The minimum absolute atomic E-state index is 0. The predicted octanol–water partition coefficient (Wildman–Crippen LogP) is -3.88. The third-order valence-corrected chi connectivity index (χ3v) is 0. The maximum atomic E-state index is 8.56. The zero-order valence-corrected chi connectivity index (χ0v) is 8.71. The Balaban J connectivity index is -0.0000000300.